The molecule has 2 aliphatic heterocycles. The molecule has 1 aliphatic carbocycles. The van der Waals surface area contributed by atoms with Crippen LogP contribution in [0.2, 0.25) is 5.02 Å². The summed E-state index contributed by atoms with van der Waals surface area (Å²) in [6.07, 6.45) is 4.29. The molecule has 2 fully saturated rings. The Hall–Kier alpha value is -2.58. The van der Waals surface area contributed by atoms with Crippen molar-refractivity contribution < 1.29 is 19.1 Å². The van der Waals surface area contributed by atoms with Crippen molar-refractivity contribution in [3.05, 3.63) is 46.1 Å². The van der Waals surface area contributed by atoms with Crippen molar-refractivity contribution in [1.82, 2.24) is 20.0 Å². The topological polar surface area (TPSA) is 82.2 Å². The highest BCUT2D eigenvalue weighted by Crippen LogP contribution is 2.33. The lowest BCUT2D eigenvalue weighted by atomic mass is 9.94. The number of rotatable bonds is 7. The zero-order valence-electron chi connectivity index (χ0n) is 20.6. The van der Waals surface area contributed by atoms with Crippen molar-refractivity contribution >= 4 is 29.5 Å². The molecule has 0 spiro atoms. The number of urea groups is 1. The van der Waals surface area contributed by atoms with E-state index in [0.29, 0.717) is 55.6 Å². The molecule has 3 amide bonds. The van der Waals surface area contributed by atoms with E-state index in [2.05, 4.69) is 10.2 Å². The van der Waals surface area contributed by atoms with Gasteiger partial charge in [0.05, 0.1) is 18.2 Å². The quantitative estimate of drug-likeness (QED) is 0.576. The molecule has 9 heteroatoms. The van der Waals surface area contributed by atoms with Gasteiger partial charge in [0.2, 0.25) is 5.91 Å². The molecule has 0 aromatic heterocycles. The third-order valence-corrected chi connectivity index (χ3v) is 7.43. The zero-order valence-corrected chi connectivity index (χ0v) is 21.4. The summed E-state index contributed by atoms with van der Waals surface area (Å²) in [6, 6.07) is 6.27. The summed E-state index contributed by atoms with van der Waals surface area (Å²) < 4.78 is 5.44. The average Bonchev–Trinajstić information content (AvgIpc) is 3.39. The Labute approximate surface area is 212 Å². The molecule has 190 valence electrons. The van der Waals surface area contributed by atoms with Gasteiger partial charge in [0, 0.05) is 55.9 Å². The van der Waals surface area contributed by atoms with Gasteiger partial charge in [0.25, 0.3) is 0 Å². The highest BCUT2D eigenvalue weighted by molar-refractivity contribution is 6.30. The maximum Gasteiger partial charge on any atom is 0.338 e. The third-order valence-electron chi connectivity index (χ3n) is 7.19. The van der Waals surface area contributed by atoms with Crippen LogP contribution in [-0.4, -0.2) is 78.5 Å². The molecule has 35 heavy (non-hydrogen) atoms. The van der Waals surface area contributed by atoms with Crippen molar-refractivity contribution in [3.63, 3.8) is 0 Å². The number of benzene rings is 1. The molecule has 1 aromatic carbocycles. The van der Waals surface area contributed by atoms with Gasteiger partial charge in [-0.15, -0.1) is 0 Å². The normalized spacial score (nSPS) is 21.9. The van der Waals surface area contributed by atoms with Gasteiger partial charge < -0.3 is 15.0 Å². The van der Waals surface area contributed by atoms with E-state index in [-0.39, 0.29) is 24.5 Å². The van der Waals surface area contributed by atoms with Crippen LogP contribution in [0.4, 0.5) is 4.79 Å². The minimum absolute atomic E-state index is 0.177. The van der Waals surface area contributed by atoms with Crippen LogP contribution >= 0.6 is 11.6 Å². The molecule has 0 radical (unpaired) electrons. The van der Waals surface area contributed by atoms with Crippen LogP contribution in [0.3, 0.4) is 0 Å². The van der Waals surface area contributed by atoms with Gasteiger partial charge in [0.1, 0.15) is 0 Å². The Morgan fingerprint density at radius 3 is 2.46 bits per heavy atom. The molecule has 1 unspecified atom stereocenters. The molecule has 1 saturated heterocycles. The van der Waals surface area contributed by atoms with E-state index in [1.807, 2.05) is 17.9 Å². The van der Waals surface area contributed by atoms with Crippen LogP contribution in [0, 0.1) is 5.92 Å². The van der Waals surface area contributed by atoms with Crippen molar-refractivity contribution in [2.24, 2.45) is 5.92 Å². The molecule has 1 atom stereocenters. The Kier molecular flexibility index (Phi) is 8.34. The van der Waals surface area contributed by atoms with Crippen molar-refractivity contribution in [2.75, 3.05) is 45.9 Å². The molecule has 1 aromatic rings. The molecule has 4 rings (SSSR count). The molecular weight excluding hydrogens is 468 g/mol. The number of likely N-dealkylation sites (N-methyl/N-ethyl adjacent to an activating group) is 1. The lowest BCUT2D eigenvalue weighted by Gasteiger charge is -2.40. The van der Waals surface area contributed by atoms with Crippen LogP contribution < -0.4 is 5.32 Å². The van der Waals surface area contributed by atoms with Gasteiger partial charge in [-0.25, -0.2) is 9.59 Å². The number of carbonyl (C=O) groups excluding carboxylic acids is 3. The fourth-order valence-corrected chi connectivity index (χ4v) is 5.56. The van der Waals surface area contributed by atoms with E-state index in [4.69, 9.17) is 16.3 Å². The number of nitrogens with one attached hydrogen (secondary N) is 1. The smallest absolute Gasteiger partial charge is 0.338 e. The molecule has 3 aliphatic rings. The predicted molar refractivity (Wildman–Crippen MR) is 134 cm³/mol. The van der Waals surface area contributed by atoms with Crippen molar-refractivity contribution in [1.29, 1.82) is 0 Å². The Morgan fingerprint density at radius 2 is 1.83 bits per heavy atom. The van der Waals surface area contributed by atoms with Crippen molar-refractivity contribution in [3.8, 4) is 0 Å². The maximum atomic E-state index is 13.2. The van der Waals surface area contributed by atoms with E-state index in [1.54, 1.807) is 30.0 Å². The monoisotopic (exact) mass is 502 g/mol. The van der Waals surface area contributed by atoms with Gasteiger partial charge >= 0.3 is 12.0 Å². The van der Waals surface area contributed by atoms with E-state index in [0.717, 1.165) is 31.2 Å². The second kappa shape index (κ2) is 11.4. The number of nitrogens with zero attached hydrogens (tertiary/aromatic N) is 3. The first-order valence-corrected chi connectivity index (χ1v) is 13.1. The Balaban J connectivity index is 1.59. The minimum Gasteiger partial charge on any atom is -0.463 e. The number of piperazine rings is 1. The molecular formula is C26H35ClN4O4. The summed E-state index contributed by atoms with van der Waals surface area (Å²) >= 11 is 6.23. The SMILES string of the molecule is CCOC(=O)C1=C(CN2CCN(C(=O)C3CCCC3)CC2)N(CC)C(=O)NC1c1cccc(Cl)c1. The van der Waals surface area contributed by atoms with Crippen LogP contribution in [-0.2, 0) is 14.3 Å². The summed E-state index contributed by atoms with van der Waals surface area (Å²) in [5.41, 5.74) is 1.81. The number of hydrogen-bond acceptors (Lipinski definition) is 5. The maximum absolute atomic E-state index is 13.2. The standard InChI is InChI=1S/C26H35ClN4O4/c1-3-31-21(17-29-12-14-30(15-13-29)24(32)18-8-5-6-9-18)22(25(33)35-4-2)23(28-26(31)34)19-10-7-11-20(27)16-19/h7,10-11,16,18,23H,3-6,8-9,12-15,17H2,1-2H3,(H,28,34). The van der Waals surface area contributed by atoms with E-state index >= 15 is 0 Å². The van der Waals surface area contributed by atoms with E-state index in [9.17, 15) is 14.4 Å². The minimum atomic E-state index is -0.650. The molecule has 2 heterocycles. The fourth-order valence-electron chi connectivity index (χ4n) is 5.36. The summed E-state index contributed by atoms with van der Waals surface area (Å²) in [5.74, 6) is 0.0125. The lowest BCUT2D eigenvalue weighted by molar-refractivity contribution is -0.139. The van der Waals surface area contributed by atoms with Gasteiger partial charge in [0.15, 0.2) is 0 Å². The summed E-state index contributed by atoms with van der Waals surface area (Å²) in [5, 5.41) is 3.50. The Morgan fingerprint density at radius 1 is 1.11 bits per heavy atom. The summed E-state index contributed by atoms with van der Waals surface area (Å²) in [7, 11) is 0. The number of amides is 3. The third kappa shape index (κ3) is 5.64. The first-order valence-electron chi connectivity index (χ1n) is 12.7. The molecule has 1 N–H and O–H groups in total. The fraction of sp³-hybridized carbons (Fsp3) is 0.577. The van der Waals surface area contributed by atoms with Crippen LogP contribution in [0.25, 0.3) is 0 Å². The first-order chi connectivity index (χ1) is 16.9. The van der Waals surface area contributed by atoms with Crippen molar-refractivity contribution in [2.45, 2.75) is 45.6 Å². The summed E-state index contributed by atoms with van der Waals surface area (Å²) in [4.78, 5) is 44.9. The number of hydrogen-bond donors (Lipinski definition) is 1. The number of ether oxygens (including phenoxy) is 1. The molecule has 8 nitrogen and oxygen atoms in total. The molecule has 1 saturated carbocycles. The highest BCUT2D eigenvalue weighted by Gasteiger charge is 2.39. The van der Waals surface area contributed by atoms with Gasteiger partial charge in [-0.05, 0) is 44.4 Å². The van der Waals surface area contributed by atoms with E-state index < -0.39 is 12.0 Å². The summed E-state index contributed by atoms with van der Waals surface area (Å²) in [6.45, 7) is 7.45. The van der Waals surface area contributed by atoms with Crippen LogP contribution in [0.15, 0.2) is 35.5 Å². The zero-order chi connectivity index (χ0) is 24.9. The second-order valence-electron chi connectivity index (χ2n) is 9.35. The largest absolute Gasteiger partial charge is 0.463 e. The lowest BCUT2D eigenvalue weighted by Crippen LogP contribution is -2.54. The number of esters is 1. The van der Waals surface area contributed by atoms with Crippen LogP contribution in [0.5, 0.6) is 0 Å². The van der Waals surface area contributed by atoms with E-state index in [1.165, 1.54) is 0 Å². The number of carbonyl (C=O) groups is 3. The van der Waals surface area contributed by atoms with Crippen LogP contribution in [0.1, 0.15) is 51.1 Å². The molecule has 0 bridgehead atoms. The first kappa shape index (κ1) is 25.5. The second-order valence-corrected chi connectivity index (χ2v) is 9.78. The van der Waals surface area contributed by atoms with Gasteiger partial charge in [-0.1, -0.05) is 36.6 Å². The number of halogens is 1. The predicted octanol–water partition coefficient (Wildman–Crippen LogP) is 3.58. The highest BCUT2D eigenvalue weighted by atomic mass is 35.5. The Bertz CT molecular complexity index is 983. The van der Waals surface area contributed by atoms with Gasteiger partial charge in [-0.2, -0.15) is 0 Å². The van der Waals surface area contributed by atoms with Gasteiger partial charge in [-0.3, -0.25) is 14.6 Å². The average molecular weight is 503 g/mol.